The van der Waals surface area contributed by atoms with Crippen molar-refractivity contribution in [2.45, 2.75) is 0 Å². The SMILES string of the molecule is COc1c(Cl)ccc2c1no[n+]2[O-]. The zero-order valence-electron chi connectivity index (χ0n) is 6.65. The molecule has 0 aliphatic rings. The quantitative estimate of drug-likeness (QED) is 0.648. The minimum Gasteiger partial charge on any atom is -0.491 e. The fourth-order valence-electron chi connectivity index (χ4n) is 1.09. The Bertz CT molecular complexity index is 454. The Morgan fingerprint density at radius 2 is 2.38 bits per heavy atom. The molecule has 0 fully saturated rings. The number of fused-ring (bicyclic) bond motifs is 1. The maximum absolute atomic E-state index is 10.9. The van der Waals surface area contributed by atoms with E-state index in [4.69, 9.17) is 16.3 Å². The predicted octanol–water partition coefficient (Wildman–Crippen LogP) is 1.12. The Hall–Kier alpha value is -1.49. The number of benzene rings is 1. The van der Waals surface area contributed by atoms with E-state index in [1.807, 2.05) is 0 Å². The number of halogens is 1. The van der Waals surface area contributed by atoms with Crippen LogP contribution >= 0.6 is 11.6 Å². The molecule has 0 N–H and O–H groups in total. The van der Waals surface area contributed by atoms with Crippen LogP contribution in [0.1, 0.15) is 0 Å². The highest BCUT2D eigenvalue weighted by atomic mass is 35.5. The van der Waals surface area contributed by atoms with Crippen molar-refractivity contribution in [1.29, 1.82) is 0 Å². The highest BCUT2D eigenvalue weighted by Crippen LogP contribution is 2.30. The van der Waals surface area contributed by atoms with Crippen LogP contribution in [0.3, 0.4) is 0 Å². The van der Waals surface area contributed by atoms with E-state index < -0.39 is 0 Å². The van der Waals surface area contributed by atoms with Gasteiger partial charge in [-0.05, 0) is 17.0 Å². The van der Waals surface area contributed by atoms with Gasteiger partial charge in [-0.3, -0.25) is 4.63 Å². The lowest BCUT2D eigenvalue weighted by molar-refractivity contribution is -0.782. The van der Waals surface area contributed by atoms with Gasteiger partial charge in [0.25, 0.3) is 5.52 Å². The second-order valence-corrected chi connectivity index (χ2v) is 2.79. The second kappa shape index (κ2) is 2.77. The summed E-state index contributed by atoms with van der Waals surface area (Å²) in [5.74, 6) is 0.345. The average molecular weight is 201 g/mol. The molecular weight excluding hydrogens is 196 g/mol. The van der Waals surface area contributed by atoms with E-state index in [0.29, 0.717) is 26.7 Å². The van der Waals surface area contributed by atoms with Crippen LogP contribution in [-0.2, 0) is 0 Å². The molecule has 5 nitrogen and oxygen atoms in total. The molecule has 0 aliphatic heterocycles. The van der Waals surface area contributed by atoms with Crippen molar-refractivity contribution in [3.63, 3.8) is 0 Å². The van der Waals surface area contributed by atoms with Gasteiger partial charge in [0.15, 0.2) is 5.75 Å². The molecule has 2 aromatic rings. The van der Waals surface area contributed by atoms with Gasteiger partial charge in [-0.25, -0.2) is 0 Å². The van der Waals surface area contributed by atoms with E-state index in [9.17, 15) is 5.21 Å². The molecule has 0 radical (unpaired) electrons. The molecule has 0 aliphatic carbocycles. The molecule has 1 aromatic heterocycles. The Morgan fingerprint density at radius 3 is 3.08 bits per heavy atom. The highest BCUT2D eigenvalue weighted by molar-refractivity contribution is 6.33. The summed E-state index contributed by atoms with van der Waals surface area (Å²) < 4.78 is 9.35. The Kier molecular flexibility index (Phi) is 1.73. The van der Waals surface area contributed by atoms with Crippen LogP contribution in [0, 0.1) is 5.21 Å². The summed E-state index contributed by atoms with van der Waals surface area (Å²) in [5, 5.41) is 14.9. The number of methoxy groups -OCH3 is 1. The number of ether oxygens (including phenoxy) is 1. The third-order valence-electron chi connectivity index (χ3n) is 1.67. The maximum atomic E-state index is 10.9. The molecule has 13 heavy (non-hydrogen) atoms. The molecule has 0 spiro atoms. The van der Waals surface area contributed by atoms with Gasteiger partial charge in [0.2, 0.25) is 5.52 Å². The predicted molar refractivity (Wildman–Crippen MR) is 44.5 cm³/mol. The lowest BCUT2D eigenvalue weighted by atomic mass is 10.3. The first-order valence-electron chi connectivity index (χ1n) is 3.46. The van der Waals surface area contributed by atoms with Crippen molar-refractivity contribution < 1.29 is 14.3 Å². The van der Waals surface area contributed by atoms with Crippen LogP contribution in [0.2, 0.25) is 5.02 Å². The molecule has 0 atom stereocenters. The van der Waals surface area contributed by atoms with Crippen molar-refractivity contribution in [2.24, 2.45) is 0 Å². The summed E-state index contributed by atoms with van der Waals surface area (Å²) in [6, 6.07) is 3.07. The summed E-state index contributed by atoms with van der Waals surface area (Å²) in [7, 11) is 1.45. The van der Waals surface area contributed by atoms with Crippen LogP contribution in [-0.4, -0.2) is 12.3 Å². The van der Waals surface area contributed by atoms with Crippen LogP contribution in [0.25, 0.3) is 11.0 Å². The molecule has 0 amide bonds. The van der Waals surface area contributed by atoms with Gasteiger partial charge in [-0.2, -0.15) is 0 Å². The highest BCUT2D eigenvalue weighted by Gasteiger charge is 2.17. The topological polar surface area (TPSA) is 62.2 Å². The molecule has 68 valence electrons. The lowest BCUT2D eigenvalue weighted by Gasteiger charge is -1.98. The van der Waals surface area contributed by atoms with Crippen molar-refractivity contribution >= 4 is 22.6 Å². The second-order valence-electron chi connectivity index (χ2n) is 2.38. The van der Waals surface area contributed by atoms with Crippen molar-refractivity contribution in [3.8, 4) is 5.75 Å². The number of aromatic nitrogens is 2. The van der Waals surface area contributed by atoms with Crippen molar-refractivity contribution in [3.05, 3.63) is 22.4 Å². The minimum atomic E-state index is 0.293. The van der Waals surface area contributed by atoms with Crippen molar-refractivity contribution in [2.75, 3.05) is 7.11 Å². The van der Waals surface area contributed by atoms with E-state index in [1.54, 1.807) is 6.07 Å². The number of hydrogen-bond donors (Lipinski definition) is 0. The summed E-state index contributed by atoms with van der Waals surface area (Å²) in [6.45, 7) is 0. The van der Waals surface area contributed by atoms with E-state index in [2.05, 4.69) is 9.79 Å². The van der Waals surface area contributed by atoms with Gasteiger partial charge < -0.3 is 9.94 Å². The fraction of sp³-hybridized carbons (Fsp3) is 0.143. The van der Waals surface area contributed by atoms with Crippen LogP contribution in [0.15, 0.2) is 16.8 Å². The normalized spacial score (nSPS) is 10.6. The Morgan fingerprint density at radius 1 is 1.62 bits per heavy atom. The van der Waals surface area contributed by atoms with Crippen LogP contribution in [0.5, 0.6) is 5.75 Å². The Balaban J connectivity index is 2.85. The van der Waals surface area contributed by atoms with Gasteiger partial charge in [-0.15, -0.1) is 0 Å². The third kappa shape index (κ3) is 1.08. The number of nitrogens with zero attached hydrogens (tertiary/aromatic N) is 2. The number of hydrogen-bond acceptors (Lipinski definition) is 4. The molecule has 0 saturated heterocycles. The molecule has 2 rings (SSSR count). The minimum absolute atomic E-state index is 0.293. The molecule has 6 heteroatoms. The van der Waals surface area contributed by atoms with Gasteiger partial charge in [0, 0.05) is 0 Å². The zero-order chi connectivity index (χ0) is 9.42. The largest absolute Gasteiger partial charge is 0.491 e. The average Bonchev–Trinajstić information content (AvgIpc) is 2.48. The van der Waals surface area contributed by atoms with Gasteiger partial charge in [0.1, 0.15) is 0 Å². The molecule has 0 saturated carbocycles. The molecule has 0 bridgehead atoms. The van der Waals surface area contributed by atoms with Gasteiger partial charge in [0.05, 0.1) is 17.3 Å². The van der Waals surface area contributed by atoms with E-state index in [-0.39, 0.29) is 0 Å². The first-order valence-corrected chi connectivity index (χ1v) is 3.83. The number of rotatable bonds is 1. The lowest BCUT2D eigenvalue weighted by Crippen LogP contribution is -2.22. The molecule has 1 heterocycles. The molecule has 1 aromatic carbocycles. The fourth-order valence-corrected chi connectivity index (χ4v) is 1.32. The van der Waals surface area contributed by atoms with Crippen molar-refractivity contribution in [1.82, 2.24) is 5.16 Å². The summed E-state index contributed by atoms with van der Waals surface area (Å²) in [4.78, 5) is 0.300. The maximum Gasteiger partial charge on any atom is 0.291 e. The summed E-state index contributed by atoms with van der Waals surface area (Å²) in [5.41, 5.74) is 0.617. The molecule has 0 unspecified atom stereocenters. The van der Waals surface area contributed by atoms with E-state index in [1.165, 1.54) is 13.2 Å². The summed E-state index contributed by atoms with van der Waals surface area (Å²) >= 11 is 5.79. The first-order chi connectivity index (χ1) is 6.24. The molecular formula is C7H5ClN2O3. The zero-order valence-corrected chi connectivity index (χ0v) is 7.41. The van der Waals surface area contributed by atoms with Gasteiger partial charge in [-0.1, -0.05) is 11.6 Å². The Labute approximate surface area is 78.0 Å². The monoisotopic (exact) mass is 200 g/mol. The summed E-state index contributed by atoms with van der Waals surface area (Å²) in [6.07, 6.45) is 0. The third-order valence-corrected chi connectivity index (χ3v) is 1.97. The smallest absolute Gasteiger partial charge is 0.291 e. The first kappa shape index (κ1) is 8.12. The van der Waals surface area contributed by atoms with E-state index >= 15 is 0 Å². The van der Waals surface area contributed by atoms with E-state index in [0.717, 1.165) is 0 Å². The standard InChI is InChI=1S/C7H5ClN2O3/c1-12-7-4(8)2-3-5-6(7)9-13-10(5)11/h2-3H,1H3. The van der Waals surface area contributed by atoms with Gasteiger partial charge >= 0.3 is 0 Å². The van der Waals surface area contributed by atoms with Crippen LogP contribution in [0.4, 0.5) is 0 Å². The van der Waals surface area contributed by atoms with Crippen LogP contribution < -0.4 is 9.64 Å².